The molecule has 0 aromatic heterocycles. The van der Waals surface area contributed by atoms with E-state index in [-0.39, 0.29) is 18.6 Å². The zero-order valence-electron chi connectivity index (χ0n) is 12.4. The number of carbonyl (C=O) groups excluding carboxylic acids is 2. The molecular weight excluding hydrogens is 268 g/mol. The zero-order chi connectivity index (χ0) is 15.2. The molecule has 5 heteroatoms. The van der Waals surface area contributed by atoms with Crippen LogP contribution >= 0.6 is 0 Å². The summed E-state index contributed by atoms with van der Waals surface area (Å²) in [5.74, 6) is -0.352. The Bertz CT molecular complexity index is 499. The van der Waals surface area contributed by atoms with Crippen molar-refractivity contribution in [2.24, 2.45) is 5.73 Å². The third kappa shape index (κ3) is 3.97. The number of rotatable bonds is 5. The Hall–Kier alpha value is -2.04. The van der Waals surface area contributed by atoms with Crippen LogP contribution in [0.4, 0.5) is 4.79 Å². The van der Waals surface area contributed by atoms with Crippen molar-refractivity contribution in [3.63, 3.8) is 0 Å². The van der Waals surface area contributed by atoms with E-state index in [9.17, 15) is 9.59 Å². The first kappa shape index (κ1) is 15.4. The van der Waals surface area contributed by atoms with Crippen LogP contribution < -0.4 is 5.73 Å². The van der Waals surface area contributed by atoms with Crippen molar-refractivity contribution in [3.05, 3.63) is 35.4 Å². The summed E-state index contributed by atoms with van der Waals surface area (Å²) in [5, 5.41) is 0. The van der Waals surface area contributed by atoms with Crippen molar-refractivity contribution >= 4 is 12.0 Å². The summed E-state index contributed by atoms with van der Waals surface area (Å²) in [5.41, 5.74) is 7.05. The van der Waals surface area contributed by atoms with E-state index in [1.165, 1.54) is 5.56 Å². The fraction of sp³-hybridized carbons (Fsp3) is 0.500. The van der Waals surface area contributed by atoms with Gasteiger partial charge in [-0.15, -0.1) is 0 Å². The molecule has 1 aliphatic heterocycles. The van der Waals surface area contributed by atoms with E-state index < -0.39 is 6.03 Å². The monoisotopic (exact) mass is 290 g/mol. The molecule has 0 bridgehead atoms. The third-order valence-corrected chi connectivity index (χ3v) is 3.80. The number of hydrogen-bond donors (Lipinski definition) is 1. The van der Waals surface area contributed by atoms with Crippen molar-refractivity contribution in [2.45, 2.75) is 38.6 Å². The summed E-state index contributed by atoms with van der Waals surface area (Å²) >= 11 is 0. The normalized spacial score (nSPS) is 17.8. The lowest BCUT2D eigenvalue weighted by molar-refractivity contribution is 0.0422. The van der Waals surface area contributed by atoms with E-state index >= 15 is 0 Å². The molecule has 114 valence electrons. The van der Waals surface area contributed by atoms with Crippen LogP contribution in [0.2, 0.25) is 0 Å². The number of primary amides is 1. The van der Waals surface area contributed by atoms with Crippen molar-refractivity contribution in [3.8, 4) is 0 Å². The molecule has 1 aromatic carbocycles. The molecular formula is C16H22N2O3. The average molecular weight is 290 g/mol. The zero-order valence-corrected chi connectivity index (χ0v) is 12.4. The van der Waals surface area contributed by atoms with Crippen molar-refractivity contribution < 1.29 is 14.3 Å². The maximum absolute atomic E-state index is 12.0. The molecule has 1 saturated heterocycles. The summed E-state index contributed by atoms with van der Waals surface area (Å²) in [6.07, 6.45) is 3.81. The Morgan fingerprint density at radius 2 is 2.05 bits per heavy atom. The fourth-order valence-electron chi connectivity index (χ4n) is 2.65. The number of nitrogens with two attached hydrogens (primary N) is 1. The highest BCUT2D eigenvalue weighted by molar-refractivity contribution is 5.89. The van der Waals surface area contributed by atoms with E-state index in [2.05, 4.69) is 6.92 Å². The van der Waals surface area contributed by atoms with Gasteiger partial charge in [0.2, 0.25) is 0 Å². The van der Waals surface area contributed by atoms with Gasteiger partial charge in [-0.2, -0.15) is 0 Å². The summed E-state index contributed by atoms with van der Waals surface area (Å²) in [4.78, 5) is 24.8. The minimum absolute atomic E-state index is 0.0918. The number of hydrogen-bond acceptors (Lipinski definition) is 3. The summed E-state index contributed by atoms with van der Waals surface area (Å²) in [7, 11) is 0. The highest BCUT2D eigenvalue weighted by Crippen LogP contribution is 2.17. The van der Waals surface area contributed by atoms with Crippen LogP contribution in [0, 0.1) is 0 Å². The van der Waals surface area contributed by atoms with E-state index in [4.69, 9.17) is 10.5 Å². The van der Waals surface area contributed by atoms with Crippen LogP contribution in [0.15, 0.2) is 24.3 Å². The number of esters is 1. The van der Waals surface area contributed by atoms with Crippen molar-refractivity contribution in [2.75, 3.05) is 13.2 Å². The van der Waals surface area contributed by atoms with Gasteiger partial charge in [0.25, 0.3) is 0 Å². The van der Waals surface area contributed by atoms with Crippen LogP contribution in [0.3, 0.4) is 0 Å². The first-order valence-electron chi connectivity index (χ1n) is 7.44. The maximum Gasteiger partial charge on any atom is 0.338 e. The molecule has 2 N–H and O–H groups in total. The molecule has 1 aromatic rings. The average Bonchev–Trinajstić information content (AvgIpc) is 2.94. The molecule has 0 aliphatic carbocycles. The predicted molar refractivity (Wildman–Crippen MR) is 80.0 cm³/mol. The highest BCUT2D eigenvalue weighted by Gasteiger charge is 2.28. The van der Waals surface area contributed by atoms with Crippen LogP contribution in [0.5, 0.6) is 0 Å². The Morgan fingerprint density at radius 3 is 2.67 bits per heavy atom. The Balaban J connectivity index is 1.88. The molecule has 21 heavy (non-hydrogen) atoms. The molecule has 1 fully saturated rings. The highest BCUT2D eigenvalue weighted by atomic mass is 16.5. The number of amides is 2. The number of urea groups is 1. The van der Waals surface area contributed by atoms with Crippen LogP contribution in [-0.4, -0.2) is 36.1 Å². The van der Waals surface area contributed by atoms with Gasteiger partial charge in [-0.3, -0.25) is 0 Å². The van der Waals surface area contributed by atoms with Gasteiger partial charge in [-0.05, 0) is 37.0 Å². The lowest BCUT2D eigenvalue weighted by atomic mass is 10.1. The number of nitrogens with zero attached hydrogens (tertiary/aromatic N) is 1. The standard InChI is InChI=1S/C16H22N2O3/c1-2-4-12-6-8-13(9-7-12)15(19)21-11-14-5-3-10-18(14)16(17)20/h6-9,14H,2-5,10-11H2,1H3,(H2,17,20)/t14-/m0/s1. The summed E-state index contributed by atoms with van der Waals surface area (Å²) < 4.78 is 5.30. The second-order valence-corrected chi connectivity index (χ2v) is 5.37. The topological polar surface area (TPSA) is 72.6 Å². The van der Waals surface area contributed by atoms with E-state index in [0.29, 0.717) is 12.1 Å². The number of carbonyl (C=O) groups is 2. The minimum atomic E-state index is -0.447. The maximum atomic E-state index is 12.0. The molecule has 0 radical (unpaired) electrons. The molecule has 2 rings (SSSR count). The van der Waals surface area contributed by atoms with E-state index in [1.807, 2.05) is 12.1 Å². The molecule has 5 nitrogen and oxygen atoms in total. The Kier molecular flexibility index (Phi) is 5.20. The van der Waals surface area contributed by atoms with Gasteiger partial charge < -0.3 is 15.4 Å². The third-order valence-electron chi connectivity index (χ3n) is 3.80. The molecule has 2 amide bonds. The molecule has 0 saturated carbocycles. The summed E-state index contributed by atoms with van der Waals surface area (Å²) in [6.45, 7) is 2.97. The van der Waals surface area contributed by atoms with Gasteiger partial charge in [0.05, 0.1) is 11.6 Å². The number of aryl methyl sites for hydroxylation is 1. The number of likely N-dealkylation sites (tertiary alicyclic amines) is 1. The van der Waals surface area contributed by atoms with Crippen molar-refractivity contribution in [1.82, 2.24) is 4.90 Å². The van der Waals surface area contributed by atoms with Gasteiger partial charge in [-0.25, -0.2) is 9.59 Å². The molecule has 1 aliphatic rings. The smallest absolute Gasteiger partial charge is 0.338 e. The quantitative estimate of drug-likeness (QED) is 0.846. The lowest BCUT2D eigenvalue weighted by Crippen LogP contribution is -2.41. The van der Waals surface area contributed by atoms with Crippen LogP contribution in [0.25, 0.3) is 0 Å². The SMILES string of the molecule is CCCc1ccc(C(=O)OC[C@@H]2CCCN2C(N)=O)cc1. The fourth-order valence-corrected chi connectivity index (χ4v) is 2.65. The molecule has 1 heterocycles. The summed E-state index contributed by atoms with van der Waals surface area (Å²) in [6, 6.07) is 6.93. The Morgan fingerprint density at radius 1 is 1.33 bits per heavy atom. The Labute approximate surface area is 125 Å². The first-order valence-corrected chi connectivity index (χ1v) is 7.44. The van der Waals surface area contributed by atoms with Gasteiger partial charge in [0.1, 0.15) is 6.61 Å². The van der Waals surface area contributed by atoms with Gasteiger partial charge in [0.15, 0.2) is 0 Å². The first-order chi connectivity index (χ1) is 10.1. The second kappa shape index (κ2) is 7.11. The van der Waals surface area contributed by atoms with E-state index in [1.54, 1.807) is 17.0 Å². The largest absolute Gasteiger partial charge is 0.460 e. The molecule has 0 spiro atoms. The predicted octanol–water partition coefficient (Wildman–Crippen LogP) is 2.34. The van der Waals surface area contributed by atoms with Crippen LogP contribution in [-0.2, 0) is 11.2 Å². The number of benzene rings is 1. The van der Waals surface area contributed by atoms with Gasteiger partial charge in [-0.1, -0.05) is 25.5 Å². The lowest BCUT2D eigenvalue weighted by Gasteiger charge is -2.22. The van der Waals surface area contributed by atoms with Gasteiger partial charge >= 0.3 is 12.0 Å². The molecule has 0 unspecified atom stereocenters. The number of ether oxygens (including phenoxy) is 1. The minimum Gasteiger partial charge on any atom is -0.460 e. The molecule has 1 atom stereocenters. The van der Waals surface area contributed by atoms with Crippen molar-refractivity contribution in [1.29, 1.82) is 0 Å². The van der Waals surface area contributed by atoms with Gasteiger partial charge in [0, 0.05) is 6.54 Å². The van der Waals surface area contributed by atoms with Crippen LogP contribution in [0.1, 0.15) is 42.1 Å². The van der Waals surface area contributed by atoms with E-state index in [0.717, 1.165) is 25.7 Å². The second-order valence-electron chi connectivity index (χ2n) is 5.37.